The van der Waals surface area contributed by atoms with E-state index in [0.717, 1.165) is 28.3 Å². The predicted octanol–water partition coefficient (Wildman–Crippen LogP) is 3.35. The number of hydrogen-bond acceptors (Lipinski definition) is 2. The molecule has 0 fully saturated rings. The van der Waals surface area contributed by atoms with E-state index in [-0.39, 0.29) is 21.1 Å². The summed E-state index contributed by atoms with van der Waals surface area (Å²) in [6.07, 6.45) is 1.81. The van der Waals surface area contributed by atoms with Gasteiger partial charge in [0, 0.05) is 38.5 Å². The summed E-state index contributed by atoms with van der Waals surface area (Å²) in [5.41, 5.74) is 5.06. The Morgan fingerprint density at radius 1 is 1.05 bits per heavy atom. The Balaban J connectivity index is 0.00000147. The van der Waals surface area contributed by atoms with E-state index in [9.17, 15) is 0 Å². The van der Waals surface area contributed by atoms with Crippen LogP contribution < -0.4 is 0 Å². The molecule has 1 aromatic carbocycles. The van der Waals surface area contributed by atoms with Gasteiger partial charge >= 0.3 is 0 Å². The summed E-state index contributed by atoms with van der Waals surface area (Å²) in [5.74, 6) is 0. The van der Waals surface area contributed by atoms with Gasteiger partial charge in [0.2, 0.25) is 0 Å². The summed E-state index contributed by atoms with van der Waals surface area (Å²) in [7, 11) is 0. The first-order chi connectivity index (χ1) is 9.27. The van der Waals surface area contributed by atoms with Crippen molar-refractivity contribution in [1.29, 1.82) is 0 Å². The van der Waals surface area contributed by atoms with Gasteiger partial charge in [-0.25, -0.2) is 0 Å². The second kappa shape index (κ2) is 6.15. The monoisotopic (exact) mass is 443 g/mol. The van der Waals surface area contributed by atoms with Crippen molar-refractivity contribution < 1.29 is 21.1 Å². The quantitative estimate of drug-likeness (QED) is 0.569. The topological polar surface area (TPSA) is 30.7 Å². The number of para-hydroxylation sites is 1. The van der Waals surface area contributed by atoms with Crippen molar-refractivity contribution >= 4 is 0 Å². The molecule has 2 aromatic heterocycles. The van der Waals surface area contributed by atoms with Gasteiger partial charge < -0.3 is 0 Å². The Bertz CT molecular complexity index is 691. The first-order valence-corrected chi connectivity index (χ1v) is 6.22. The van der Waals surface area contributed by atoms with Gasteiger partial charge in [-0.1, -0.05) is 6.07 Å². The minimum absolute atomic E-state index is 0. The van der Waals surface area contributed by atoms with Crippen LogP contribution in [0.5, 0.6) is 0 Å². The number of nitrogens with zero attached hydrogens (tertiary/aromatic N) is 3. The Labute approximate surface area is 132 Å². The van der Waals surface area contributed by atoms with Gasteiger partial charge in [0.05, 0.1) is 11.4 Å². The molecule has 0 aliphatic carbocycles. The maximum absolute atomic E-state index is 4.60. The molecule has 3 rings (SSSR count). The van der Waals surface area contributed by atoms with E-state index < -0.39 is 0 Å². The number of pyridine rings is 1. The normalized spacial score (nSPS) is 10.1. The van der Waals surface area contributed by atoms with Gasteiger partial charge in [-0.15, -0.1) is 6.07 Å². The van der Waals surface area contributed by atoms with Crippen LogP contribution in [-0.4, -0.2) is 14.8 Å². The molecule has 3 aromatic rings. The van der Waals surface area contributed by atoms with Gasteiger partial charge in [0.15, 0.2) is 0 Å². The summed E-state index contributed by atoms with van der Waals surface area (Å²) in [6, 6.07) is 17.0. The largest absolute Gasteiger partial charge is 0.262 e. The Hall–Kier alpha value is -1.73. The summed E-state index contributed by atoms with van der Waals surface area (Å²) in [5, 5.41) is 4.60. The van der Waals surface area contributed by atoms with E-state index in [1.54, 1.807) is 6.20 Å². The number of benzene rings is 1. The van der Waals surface area contributed by atoms with Crippen molar-refractivity contribution in [2.24, 2.45) is 0 Å². The van der Waals surface area contributed by atoms with E-state index >= 15 is 0 Å². The third-order valence-corrected chi connectivity index (χ3v) is 3.13. The van der Waals surface area contributed by atoms with Crippen molar-refractivity contribution in [3.63, 3.8) is 0 Å². The molecule has 0 unspecified atom stereocenters. The SMILES string of the molecule is Cc1nn(-c2[c-]cccc2)c(C)c1-c1ccccn1.[Pt]. The number of aromatic nitrogens is 3. The van der Waals surface area contributed by atoms with Crippen LogP contribution in [0.25, 0.3) is 16.9 Å². The fourth-order valence-corrected chi connectivity index (χ4v) is 2.27. The van der Waals surface area contributed by atoms with Crippen LogP contribution >= 0.6 is 0 Å². The molecule has 3 nitrogen and oxygen atoms in total. The maximum Gasteiger partial charge on any atom is 0.0739 e. The molecule has 0 atom stereocenters. The molecular weight excluding hydrogens is 429 g/mol. The van der Waals surface area contributed by atoms with Crippen LogP contribution in [0.1, 0.15) is 11.4 Å². The van der Waals surface area contributed by atoms with Crippen molar-refractivity contribution in [3.05, 3.63) is 66.1 Å². The van der Waals surface area contributed by atoms with Crippen LogP contribution in [0.15, 0.2) is 48.7 Å². The van der Waals surface area contributed by atoms with Gasteiger partial charge in [0.25, 0.3) is 0 Å². The molecule has 0 saturated heterocycles. The maximum atomic E-state index is 4.60. The standard InChI is InChI=1S/C16H14N3.Pt/c1-12-16(15-10-6-7-11-17-15)13(2)19(18-12)14-8-4-3-5-9-14;/h3-8,10-11H,1-2H3;/q-1;. The fourth-order valence-electron chi connectivity index (χ4n) is 2.27. The molecule has 0 spiro atoms. The molecule has 0 saturated carbocycles. The number of aryl methyl sites for hydroxylation is 1. The molecule has 104 valence electrons. The number of hydrogen-bond donors (Lipinski definition) is 0. The first-order valence-electron chi connectivity index (χ1n) is 6.22. The van der Waals surface area contributed by atoms with Crippen LogP contribution in [0, 0.1) is 19.9 Å². The minimum Gasteiger partial charge on any atom is -0.262 e. The predicted molar refractivity (Wildman–Crippen MR) is 75.1 cm³/mol. The molecular formula is C16H14N3Pt-. The van der Waals surface area contributed by atoms with Crippen molar-refractivity contribution in [2.45, 2.75) is 13.8 Å². The smallest absolute Gasteiger partial charge is 0.0739 e. The molecule has 0 radical (unpaired) electrons. The molecule has 20 heavy (non-hydrogen) atoms. The second-order valence-corrected chi connectivity index (χ2v) is 4.42. The van der Waals surface area contributed by atoms with Crippen molar-refractivity contribution in [2.75, 3.05) is 0 Å². The van der Waals surface area contributed by atoms with Crippen LogP contribution in [-0.2, 0) is 21.1 Å². The summed E-state index contributed by atoms with van der Waals surface area (Å²) >= 11 is 0. The third kappa shape index (κ3) is 2.59. The average Bonchev–Trinajstić information content (AvgIpc) is 2.76. The van der Waals surface area contributed by atoms with E-state index in [1.165, 1.54) is 0 Å². The molecule has 4 heteroatoms. The Morgan fingerprint density at radius 3 is 2.50 bits per heavy atom. The zero-order chi connectivity index (χ0) is 13.2. The summed E-state index contributed by atoms with van der Waals surface area (Å²) < 4.78 is 1.92. The first kappa shape index (κ1) is 14.7. The molecule has 0 amide bonds. The Kier molecular flexibility index (Phi) is 4.51. The van der Waals surface area contributed by atoms with Gasteiger partial charge in [0.1, 0.15) is 0 Å². The van der Waals surface area contributed by atoms with E-state index in [0.29, 0.717) is 0 Å². The summed E-state index contributed by atoms with van der Waals surface area (Å²) in [4.78, 5) is 4.41. The van der Waals surface area contributed by atoms with E-state index in [2.05, 4.69) is 23.1 Å². The molecule has 0 aliphatic rings. The van der Waals surface area contributed by atoms with Gasteiger partial charge in [-0.2, -0.15) is 29.4 Å². The van der Waals surface area contributed by atoms with Crippen LogP contribution in [0.4, 0.5) is 0 Å². The van der Waals surface area contributed by atoms with E-state index in [1.807, 2.05) is 54.1 Å². The molecule has 0 bridgehead atoms. The van der Waals surface area contributed by atoms with Crippen molar-refractivity contribution in [1.82, 2.24) is 14.8 Å². The fraction of sp³-hybridized carbons (Fsp3) is 0.125. The minimum atomic E-state index is 0. The van der Waals surface area contributed by atoms with Crippen LogP contribution in [0.3, 0.4) is 0 Å². The zero-order valence-corrected chi connectivity index (χ0v) is 13.5. The van der Waals surface area contributed by atoms with Gasteiger partial charge in [-0.05, 0) is 31.7 Å². The van der Waals surface area contributed by atoms with Gasteiger partial charge in [-0.3, -0.25) is 9.67 Å². The third-order valence-electron chi connectivity index (χ3n) is 3.13. The molecule has 0 aliphatic heterocycles. The average molecular weight is 443 g/mol. The second-order valence-electron chi connectivity index (χ2n) is 4.42. The molecule has 0 N–H and O–H groups in total. The Morgan fingerprint density at radius 2 is 1.85 bits per heavy atom. The van der Waals surface area contributed by atoms with Crippen molar-refractivity contribution in [3.8, 4) is 16.9 Å². The van der Waals surface area contributed by atoms with Crippen LogP contribution in [0.2, 0.25) is 0 Å². The zero-order valence-electron chi connectivity index (χ0n) is 11.3. The molecule has 2 heterocycles. The number of rotatable bonds is 2. The van der Waals surface area contributed by atoms with E-state index in [4.69, 9.17) is 0 Å². The summed E-state index contributed by atoms with van der Waals surface area (Å²) in [6.45, 7) is 4.07.